The van der Waals surface area contributed by atoms with E-state index in [0.29, 0.717) is 5.56 Å². The van der Waals surface area contributed by atoms with Gasteiger partial charge in [0, 0.05) is 11.6 Å². The molecule has 2 aromatic rings. The molecular formula is C19H20Cl2N6O3. The van der Waals surface area contributed by atoms with E-state index >= 15 is 0 Å². The van der Waals surface area contributed by atoms with E-state index in [4.69, 9.17) is 33.7 Å². The van der Waals surface area contributed by atoms with Crippen LogP contribution in [0.5, 0.6) is 11.6 Å². The molecule has 0 radical (unpaired) electrons. The quantitative estimate of drug-likeness (QED) is 0.635. The highest BCUT2D eigenvalue weighted by Gasteiger charge is 2.25. The number of benzene rings is 1. The number of anilines is 1. The first kappa shape index (κ1) is 21.7. The van der Waals surface area contributed by atoms with Crippen LogP contribution in [0.4, 0.5) is 10.5 Å². The van der Waals surface area contributed by atoms with Crippen molar-refractivity contribution in [3.8, 4) is 11.6 Å². The summed E-state index contributed by atoms with van der Waals surface area (Å²) in [4.78, 5) is 24.3. The highest BCUT2D eigenvalue weighted by Crippen LogP contribution is 2.40. The van der Waals surface area contributed by atoms with Crippen molar-refractivity contribution in [2.45, 2.75) is 26.7 Å². The number of halogens is 2. The number of carbonyl (C=O) groups excluding carboxylic acids is 1. The van der Waals surface area contributed by atoms with Crippen LogP contribution < -0.4 is 26.4 Å². The maximum absolute atomic E-state index is 12.2. The Morgan fingerprint density at radius 1 is 1.17 bits per heavy atom. The van der Waals surface area contributed by atoms with E-state index in [1.165, 1.54) is 12.1 Å². The predicted octanol–water partition coefficient (Wildman–Crippen LogP) is 3.94. The van der Waals surface area contributed by atoms with Gasteiger partial charge in [0.2, 0.25) is 5.88 Å². The van der Waals surface area contributed by atoms with Crippen molar-refractivity contribution in [3.05, 3.63) is 56.4 Å². The van der Waals surface area contributed by atoms with Gasteiger partial charge >= 0.3 is 6.03 Å². The zero-order chi connectivity index (χ0) is 22.2. The topological polar surface area (TPSA) is 126 Å². The molecule has 30 heavy (non-hydrogen) atoms. The zero-order valence-corrected chi connectivity index (χ0v) is 18.0. The summed E-state index contributed by atoms with van der Waals surface area (Å²) in [5.41, 5.74) is 6.43. The molecule has 0 saturated heterocycles. The van der Waals surface area contributed by atoms with Gasteiger partial charge in [-0.2, -0.15) is 5.01 Å². The zero-order valence-electron chi connectivity index (χ0n) is 16.5. The summed E-state index contributed by atoms with van der Waals surface area (Å²) < 4.78 is 5.73. The van der Waals surface area contributed by atoms with Crippen LogP contribution in [0.3, 0.4) is 0 Å². The van der Waals surface area contributed by atoms with Crippen LogP contribution in [0.1, 0.15) is 32.3 Å². The molecule has 0 bridgehead atoms. The molecule has 11 heteroatoms. The Morgan fingerprint density at radius 2 is 1.80 bits per heavy atom. The summed E-state index contributed by atoms with van der Waals surface area (Å²) in [5.74, 6) is 0.522. The number of hydrazone groups is 1. The Morgan fingerprint density at radius 3 is 2.40 bits per heavy atom. The van der Waals surface area contributed by atoms with Gasteiger partial charge < -0.3 is 15.8 Å². The lowest BCUT2D eigenvalue weighted by atomic mass is 9.91. The van der Waals surface area contributed by atoms with Gasteiger partial charge in [0.15, 0.2) is 11.6 Å². The predicted molar refractivity (Wildman–Crippen MR) is 116 cm³/mol. The molecule has 9 nitrogen and oxygen atoms in total. The summed E-state index contributed by atoms with van der Waals surface area (Å²) in [6, 6.07) is 3.87. The van der Waals surface area contributed by atoms with Crippen LogP contribution in [-0.2, 0) is 0 Å². The fraction of sp³-hybridized carbons (Fsp3) is 0.263. The second-order valence-electron chi connectivity index (χ2n) is 7.07. The fourth-order valence-corrected chi connectivity index (χ4v) is 3.21. The molecular weight excluding hydrogens is 431 g/mol. The highest BCUT2D eigenvalue weighted by molar-refractivity contribution is 6.37. The van der Waals surface area contributed by atoms with Gasteiger partial charge in [-0.15, -0.1) is 10.2 Å². The van der Waals surface area contributed by atoms with Gasteiger partial charge in [-0.05, 0) is 24.0 Å². The van der Waals surface area contributed by atoms with Gasteiger partial charge in [0.25, 0.3) is 5.56 Å². The van der Waals surface area contributed by atoms with Crippen LogP contribution in [0.25, 0.3) is 0 Å². The second-order valence-corrected chi connectivity index (χ2v) is 7.88. The lowest BCUT2D eigenvalue weighted by molar-refractivity contribution is 0.248. The molecule has 1 atom stereocenters. The largest absolute Gasteiger partial charge is 0.434 e. The Hall–Kier alpha value is -3.04. The number of nitrogens with one attached hydrogen (secondary N) is 2. The number of amidine groups is 1. The maximum atomic E-state index is 12.2. The molecule has 3 rings (SSSR count). The number of aromatic amines is 1. The van der Waals surface area contributed by atoms with Crippen molar-refractivity contribution in [1.29, 1.82) is 0 Å². The van der Waals surface area contributed by atoms with Gasteiger partial charge in [0.05, 0.1) is 21.4 Å². The Labute approximate surface area is 182 Å². The Kier molecular flexibility index (Phi) is 6.04. The van der Waals surface area contributed by atoms with Crippen molar-refractivity contribution in [3.63, 3.8) is 0 Å². The molecule has 0 spiro atoms. The molecule has 1 aromatic heterocycles. The van der Waals surface area contributed by atoms with Gasteiger partial charge in [-0.3, -0.25) is 4.79 Å². The molecule has 0 unspecified atom stereocenters. The third-order valence-electron chi connectivity index (χ3n) is 4.70. The molecule has 2 heterocycles. The number of ether oxygens (including phenoxy) is 1. The SMILES string of the molecule is C=C1NC(=O)N(c2cc(Cl)c(Oc3cc([C@H](C)C(C)C)c(=O)[nH]n3)c(Cl)c2)N=C1N. The number of hydrogen-bond acceptors (Lipinski definition) is 6. The summed E-state index contributed by atoms with van der Waals surface area (Å²) in [5, 5.41) is 14.0. The average Bonchev–Trinajstić information content (AvgIpc) is 2.68. The summed E-state index contributed by atoms with van der Waals surface area (Å²) in [6.45, 7) is 9.56. The minimum absolute atomic E-state index is 0.0110. The number of hydrogen-bond donors (Lipinski definition) is 3. The van der Waals surface area contributed by atoms with Crippen molar-refractivity contribution in [2.24, 2.45) is 16.8 Å². The van der Waals surface area contributed by atoms with E-state index in [-0.39, 0.29) is 56.3 Å². The number of amides is 2. The lowest BCUT2D eigenvalue weighted by Gasteiger charge is -2.24. The first-order valence-corrected chi connectivity index (χ1v) is 9.75. The summed E-state index contributed by atoms with van der Waals surface area (Å²) in [7, 11) is 0. The summed E-state index contributed by atoms with van der Waals surface area (Å²) >= 11 is 12.7. The van der Waals surface area contributed by atoms with Gasteiger partial charge in [-0.1, -0.05) is 50.6 Å². The van der Waals surface area contributed by atoms with Crippen molar-refractivity contribution in [2.75, 3.05) is 5.01 Å². The standard InChI is InChI=1S/C19H20Cl2N6O3/c1-8(2)9(3)12-7-15(24-25-18(12)28)30-16-13(20)5-11(6-14(16)21)27-19(29)23-10(4)17(22)26-27/h5-9H,4H2,1-3H3,(H2,22,26)(H,23,29)(H,25,28)/t9-/m1/s1. The monoisotopic (exact) mass is 450 g/mol. The van der Waals surface area contributed by atoms with Crippen molar-refractivity contribution in [1.82, 2.24) is 15.5 Å². The molecule has 0 fully saturated rings. The molecule has 2 amide bonds. The summed E-state index contributed by atoms with van der Waals surface area (Å²) in [6.07, 6.45) is 0. The number of carbonyl (C=O) groups is 1. The molecule has 158 valence electrons. The number of H-pyrrole nitrogens is 1. The van der Waals surface area contributed by atoms with Crippen LogP contribution in [0.15, 0.2) is 40.4 Å². The van der Waals surface area contributed by atoms with Gasteiger partial charge in [0.1, 0.15) is 0 Å². The Bertz CT molecular complexity index is 1090. The van der Waals surface area contributed by atoms with Crippen LogP contribution >= 0.6 is 23.2 Å². The third kappa shape index (κ3) is 4.27. The molecule has 0 saturated carbocycles. The minimum Gasteiger partial charge on any atom is -0.434 e. The van der Waals surface area contributed by atoms with Crippen LogP contribution in [0, 0.1) is 5.92 Å². The van der Waals surface area contributed by atoms with E-state index in [9.17, 15) is 9.59 Å². The number of rotatable bonds is 5. The van der Waals surface area contributed by atoms with Crippen molar-refractivity contribution >= 4 is 40.8 Å². The highest BCUT2D eigenvalue weighted by atomic mass is 35.5. The van der Waals surface area contributed by atoms with Crippen LogP contribution in [0.2, 0.25) is 10.0 Å². The average molecular weight is 451 g/mol. The number of urea groups is 1. The third-order valence-corrected chi connectivity index (χ3v) is 5.26. The molecule has 0 aliphatic carbocycles. The van der Waals surface area contributed by atoms with E-state index in [2.05, 4.69) is 27.2 Å². The second kappa shape index (κ2) is 8.37. The molecule has 1 aromatic carbocycles. The van der Waals surface area contributed by atoms with E-state index in [1.54, 1.807) is 6.07 Å². The molecule has 1 aliphatic heterocycles. The molecule has 4 N–H and O–H groups in total. The first-order valence-electron chi connectivity index (χ1n) is 8.99. The van der Waals surface area contributed by atoms with Crippen molar-refractivity contribution < 1.29 is 9.53 Å². The van der Waals surface area contributed by atoms with E-state index < -0.39 is 6.03 Å². The normalized spacial score (nSPS) is 15.1. The van der Waals surface area contributed by atoms with E-state index in [0.717, 1.165) is 5.01 Å². The number of aromatic nitrogens is 2. The first-order chi connectivity index (χ1) is 14.1. The smallest absolute Gasteiger partial charge is 0.347 e. The van der Waals surface area contributed by atoms with Crippen LogP contribution in [-0.4, -0.2) is 22.1 Å². The Balaban J connectivity index is 1.94. The van der Waals surface area contributed by atoms with Gasteiger partial charge in [-0.25, -0.2) is 9.89 Å². The lowest BCUT2D eigenvalue weighted by Crippen LogP contribution is -2.45. The minimum atomic E-state index is -0.565. The fourth-order valence-electron chi connectivity index (χ4n) is 2.66. The van der Waals surface area contributed by atoms with E-state index in [1.807, 2.05) is 20.8 Å². The maximum Gasteiger partial charge on any atom is 0.347 e. The number of nitrogens with zero attached hydrogens (tertiary/aromatic N) is 3. The molecule has 1 aliphatic rings. The number of nitrogens with two attached hydrogens (primary N) is 1.